The predicted octanol–water partition coefficient (Wildman–Crippen LogP) is 1.97. The Morgan fingerprint density at radius 2 is 2.31 bits per heavy atom. The number of thiophene rings is 1. The lowest BCUT2D eigenvalue weighted by Gasteiger charge is -2.05. The van der Waals surface area contributed by atoms with E-state index in [1.54, 1.807) is 17.7 Å². The summed E-state index contributed by atoms with van der Waals surface area (Å²) in [5, 5.41) is 7.34. The first kappa shape index (κ1) is 11.0. The first-order valence-electron chi connectivity index (χ1n) is 5.18. The third-order valence-corrected chi connectivity index (χ3v) is 2.85. The largest absolute Gasteiger partial charge is 0.370 e. The van der Waals surface area contributed by atoms with Gasteiger partial charge in [0.2, 0.25) is 0 Å². The van der Waals surface area contributed by atoms with Crippen LogP contribution in [0.4, 0.5) is 5.82 Å². The van der Waals surface area contributed by atoms with Crippen LogP contribution in [-0.2, 0) is 0 Å². The molecule has 2 aromatic rings. The standard InChI is InChI=1S/C11H14N4S/c12-3-1-4-13-11-6-10(14-8-15-11)9-2-5-16-7-9/h2,5-8H,1,3-4,12H2,(H,13,14,15). The van der Waals surface area contributed by atoms with Crippen molar-refractivity contribution in [1.82, 2.24) is 9.97 Å². The van der Waals surface area contributed by atoms with Gasteiger partial charge in [-0.15, -0.1) is 0 Å². The second kappa shape index (κ2) is 5.58. The zero-order chi connectivity index (χ0) is 11.2. The van der Waals surface area contributed by atoms with Gasteiger partial charge in [0.1, 0.15) is 12.1 Å². The number of nitrogens with zero attached hydrogens (tertiary/aromatic N) is 2. The number of rotatable bonds is 5. The van der Waals surface area contributed by atoms with Gasteiger partial charge in [0.25, 0.3) is 0 Å². The third kappa shape index (κ3) is 2.77. The molecule has 5 heteroatoms. The molecule has 0 spiro atoms. The molecule has 0 radical (unpaired) electrons. The predicted molar refractivity (Wildman–Crippen MR) is 67.5 cm³/mol. The Balaban J connectivity index is 2.08. The summed E-state index contributed by atoms with van der Waals surface area (Å²) in [5.41, 5.74) is 7.51. The first-order valence-corrected chi connectivity index (χ1v) is 6.13. The molecule has 0 saturated heterocycles. The summed E-state index contributed by atoms with van der Waals surface area (Å²) in [6.45, 7) is 1.53. The number of nitrogens with one attached hydrogen (secondary N) is 1. The Morgan fingerprint density at radius 3 is 3.06 bits per heavy atom. The van der Waals surface area contributed by atoms with Crippen molar-refractivity contribution in [2.24, 2.45) is 5.73 Å². The Labute approximate surface area is 98.6 Å². The van der Waals surface area contributed by atoms with Crippen LogP contribution < -0.4 is 11.1 Å². The van der Waals surface area contributed by atoms with Crippen molar-refractivity contribution in [3.63, 3.8) is 0 Å². The summed E-state index contributed by atoms with van der Waals surface area (Å²) < 4.78 is 0. The highest BCUT2D eigenvalue weighted by Gasteiger charge is 2.01. The number of hydrogen-bond acceptors (Lipinski definition) is 5. The normalized spacial score (nSPS) is 10.3. The molecule has 3 N–H and O–H groups in total. The molecule has 2 aromatic heterocycles. The van der Waals surface area contributed by atoms with Crippen molar-refractivity contribution >= 4 is 17.2 Å². The van der Waals surface area contributed by atoms with Gasteiger partial charge in [0, 0.05) is 23.6 Å². The van der Waals surface area contributed by atoms with Crippen molar-refractivity contribution in [1.29, 1.82) is 0 Å². The molecule has 0 aliphatic rings. The van der Waals surface area contributed by atoms with Crippen LogP contribution in [0.25, 0.3) is 11.3 Å². The van der Waals surface area contributed by atoms with Crippen LogP contribution >= 0.6 is 11.3 Å². The average molecular weight is 234 g/mol. The fourth-order valence-corrected chi connectivity index (χ4v) is 1.99. The highest BCUT2D eigenvalue weighted by Crippen LogP contribution is 2.20. The summed E-state index contributed by atoms with van der Waals surface area (Å²) >= 11 is 1.66. The molecule has 0 aliphatic heterocycles. The fraction of sp³-hybridized carbons (Fsp3) is 0.273. The van der Waals surface area contributed by atoms with Gasteiger partial charge in [-0.25, -0.2) is 9.97 Å². The molecule has 4 nitrogen and oxygen atoms in total. The number of anilines is 1. The maximum Gasteiger partial charge on any atom is 0.129 e. The third-order valence-electron chi connectivity index (χ3n) is 2.17. The van der Waals surface area contributed by atoms with Gasteiger partial charge in [-0.3, -0.25) is 0 Å². The average Bonchev–Trinajstić information content (AvgIpc) is 2.83. The minimum Gasteiger partial charge on any atom is -0.370 e. The SMILES string of the molecule is NCCCNc1cc(-c2ccsc2)ncn1. The summed E-state index contributed by atoms with van der Waals surface area (Å²) in [6.07, 6.45) is 2.52. The molecule has 0 aromatic carbocycles. The van der Waals surface area contributed by atoms with Gasteiger partial charge >= 0.3 is 0 Å². The van der Waals surface area contributed by atoms with Crippen LogP contribution in [0.3, 0.4) is 0 Å². The minimum atomic E-state index is 0.690. The van der Waals surface area contributed by atoms with E-state index in [1.807, 2.05) is 11.4 Å². The van der Waals surface area contributed by atoms with E-state index >= 15 is 0 Å². The Morgan fingerprint density at radius 1 is 1.38 bits per heavy atom. The zero-order valence-electron chi connectivity index (χ0n) is 8.89. The highest BCUT2D eigenvalue weighted by atomic mass is 32.1. The van der Waals surface area contributed by atoms with Gasteiger partial charge in [0.15, 0.2) is 0 Å². The number of hydrogen-bond donors (Lipinski definition) is 2. The maximum atomic E-state index is 5.43. The molecule has 0 bridgehead atoms. The number of aromatic nitrogens is 2. The van der Waals surface area contributed by atoms with Crippen molar-refractivity contribution in [3.8, 4) is 11.3 Å². The second-order valence-corrected chi connectivity index (χ2v) is 4.15. The quantitative estimate of drug-likeness (QED) is 0.776. The molecule has 0 fully saturated rings. The lowest BCUT2D eigenvalue weighted by atomic mass is 10.2. The molecule has 2 rings (SSSR count). The van der Waals surface area contributed by atoms with E-state index in [1.165, 1.54) is 0 Å². The van der Waals surface area contributed by atoms with Gasteiger partial charge < -0.3 is 11.1 Å². The lowest BCUT2D eigenvalue weighted by Crippen LogP contribution is -2.09. The smallest absolute Gasteiger partial charge is 0.129 e. The Kier molecular flexibility index (Phi) is 3.85. The Hall–Kier alpha value is -1.46. The van der Waals surface area contributed by atoms with E-state index in [2.05, 4.69) is 26.7 Å². The van der Waals surface area contributed by atoms with Gasteiger partial charge in [0.05, 0.1) is 5.69 Å². The molecule has 84 valence electrons. The topological polar surface area (TPSA) is 63.8 Å². The van der Waals surface area contributed by atoms with E-state index < -0.39 is 0 Å². The van der Waals surface area contributed by atoms with Crippen LogP contribution in [-0.4, -0.2) is 23.1 Å². The van der Waals surface area contributed by atoms with Crippen LogP contribution in [0.5, 0.6) is 0 Å². The molecule has 0 unspecified atom stereocenters. The summed E-state index contributed by atoms with van der Waals surface area (Å²) in [4.78, 5) is 8.40. The maximum absolute atomic E-state index is 5.43. The fourth-order valence-electron chi connectivity index (χ4n) is 1.34. The summed E-state index contributed by atoms with van der Waals surface area (Å²) in [7, 11) is 0. The van der Waals surface area contributed by atoms with Crippen molar-refractivity contribution in [2.45, 2.75) is 6.42 Å². The van der Waals surface area contributed by atoms with E-state index in [9.17, 15) is 0 Å². The summed E-state index contributed by atoms with van der Waals surface area (Å²) in [5.74, 6) is 0.852. The van der Waals surface area contributed by atoms with Gasteiger partial charge in [-0.2, -0.15) is 11.3 Å². The second-order valence-electron chi connectivity index (χ2n) is 3.37. The molecular formula is C11H14N4S. The lowest BCUT2D eigenvalue weighted by molar-refractivity contribution is 0.869. The van der Waals surface area contributed by atoms with Crippen molar-refractivity contribution in [3.05, 3.63) is 29.2 Å². The molecule has 0 atom stereocenters. The van der Waals surface area contributed by atoms with Crippen LogP contribution in [0.1, 0.15) is 6.42 Å². The Bertz CT molecular complexity index is 427. The van der Waals surface area contributed by atoms with Crippen LogP contribution in [0.15, 0.2) is 29.2 Å². The van der Waals surface area contributed by atoms with E-state index in [4.69, 9.17) is 5.73 Å². The minimum absolute atomic E-state index is 0.690. The van der Waals surface area contributed by atoms with E-state index in [0.717, 1.165) is 30.0 Å². The van der Waals surface area contributed by atoms with Crippen molar-refractivity contribution in [2.75, 3.05) is 18.4 Å². The summed E-state index contributed by atoms with van der Waals surface area (Å²) in [6, 6.07) is 4.01. The van der Waals surface area contributed by atoms with Gasteiger partial charge in [-0.05, 0) is 24.4 Å². The zero-order valence-corrected chi connectivity index (χ0v) is 9.70. The molecule has 0 aliphatic carbocycles. The van der Waals surface area contributed by atoms with Crippen LogP contribution in [0.2, 0.25) is 0 Å². The molecular weight excluding hydrogens is 220 g/mol. The highest BCUT2D eigenvalue weighted by molar-refractivity contribution is 7.08. The molecule has 0 amide bonds. The van der Waals surface area contributed by atoms with E-state index in [-0.39, 0.29) is 0 Å². The molecule has 2 heterocycles. The van der Waals surface area contributed by atoms with Crippen molar-refractivity contribution < 1.29 is 0 Å². The first-order chi connectivity index (χ1) is 7.90. The van der Waals surface area contributed by atoms with Gasteiger partial charge in [-0.1, -0.05) is 0 Å². The molecule has 0 saturated carbocycles. The monoisotopic (exact) mass is 234 g/mol. The van der Waals surface area contributed by atoms with E-state index in [0.29, 0.717) is 6.54 Å². The number of nitrogens with two attached hydrogens (primary N) is 1. The molecule has 16 heavy (non-hydrogen) atoms. The van der Waals surface area contributed by atoms with Crippen LogP contribution in [0, 0.1) is 0 Å².